The number of fused-ring (bicyclic) bond motifs is 1. The number of H-pyrrole nitrogens is 1. The molecule has 0 bridgehead atoms. The number of pyridine rings is 1. The summed E-state index contributed by atoms with van der Waals surface area (Å²) >= 11 is 5.95. The lowest BCUT2D eigenvalue weighted by Crippen LogP contribution is -2.15. The van der Waals surface area contributed by atoms with E-state index in [2.05, 4.69) is 15.1 Å². The van der Waals surface area contributed by atoms with Crippen LogP contribution in [0.5, 0.6) is 0 Å². The van der Waals surface area contributed by atoms with Crippen molar-refractivity contribution in [1.82, 2.24) is 19.6 Å². The van der Waals surface area contributed by atoms with Crippen LogP contribution in [-0.4, -0.2) is 25.6 Å². The molecule has 0 aliphatic rings. The second kappa shape index (κ2) is 7.05. The molecule has 8 heteroatoms. The largest absolute Gasteiger partial charge is 0.456 e. The molecule has 27 heavy (non-hydrogen) atoms. The van der Waals surface area contributed by atoms with Gasteiger partial charge < -0.3 is 4.74 Å². The molecule has 0 amide bonds. The number of carbonyl (C=O) groups excluding carboxylic acids is 1. The average molecular weight is 381 g/mol. The van der Waals surface area contributed by atoms with E-state index in [1.54, 1.807) is 18.3 Å². The molecular weight excluding hydrogens is 368 g/mol. The number of aromatic amines is 1. The number of halogens is 1. The quantitative estimate of drug-likeness (QED) is 0.434. The molecule has 0 aliphatic carbocycles. The van der Waals surface area contributed by atoms with Crippen LogP contribution in [0.1, 0.15) is 16.1 Å². The van der Waals surface area contributed by atoms with E-state index in [1.165, 1.54) is 16.6 Å². The van der Waals surface area contributed by atoms with Gasteiger partial charge in [0.05, 0.1) is 5.69 Å². The van der Waals surface area contributed by atoms with Crippen molar-refractivity contribution in [2.75, 3.05) is 0 Å². The van der Waals surface area contributed by atoms with E-state index in [9.17, 15) is 9.59 Å². The zero-order chi connectivity index (χ0) is 18.8. The molecule has 0 saturated carbocycles. The zero-order valence-corrected chi connectivity index (χ0v) is 14.7. The monoisotopic (exact) mass is 380 g/mol. The Labute approximate surface area is 158 Å². The topological polar surface area (TPSA) is 89.3 Å². The van der Waals surface area contributed by atoms with Gasteiger partial charge in [-0.3, -0.25) is 9.89 Å². The fraction of sp³-hybridized carbons (Fsp3) is 0.0526. The van der Waals surface area contributed by atoms with Crippen molar-refractivity contribution in [1.29, 1.82) is 0 Å². The van der Waals surface area contributed by atoms with Crippen molar-refractivity contribution in [3.63, 3.8) is 0 Å². The molecule has 4 rings (SSSR count). The fourth-order valence-corrected chi connectivity index (χ4v) is 2.77. The molecule has 1 aromatic carbocycles. The van der Waals surface area contributed by atoms with E-state index >= 15 is 0 Å². The molecule has 0 saturated heterocycles. The number of hydrogen-bond acceptors (Lipinski definition) is 5. The standard InChI is InChI=1S/C19H13ClN4O3/c20-18-13(7-4-8-21-18)11-27-19(26)15-9-16-22-14(10-17(25)24(16)23-15)12-5-2-1-3-6-12/h1-10,23H,11H2. The maximum Gasteiger partial charge on any atom is 0.356 e. The highest BCUT2D eigenvalue weighted by Crippen LogP contribution is 2.17. The Morgan fingerprint density at radius 1 is 1.15 bits per heavy atom. The lowest BCUT2D eigenvalue weighted by Gasteiger charge is -2.04. The van der Waals surface area contributed by atoms with Gasteiger partial charge in [0.1, 0.15) is 17.5 Å². The average Bonchev–Trinajstić information content (AvgIpc) is 3.13. The normalized spacial score (nSPS) is 10.9. The second-order valence-corrected chi connectivity index (χ2v) is 6.10. The molecule has 7 nitrogen and oxygen atoms in total. The summed E-state index contributed by atoms with van der Waals surface area (Å²) < 4.78 is 6.44. The molecule has 3 aromatic heterocycles. The molecule has 0 fully saturated rings. The smallest absolute Gasteiger partial charge is 0.356 e. The van der Waals surface area contributed by atoms with Crippen molar-refractivity contribution in [2.45, 2.75) is 6.61 Å². The predicted octanol–water partition coefficient (Wildman–Crippen LogP) is 3.10. The molecule has 0 atom stereocenters. The first kappa shape index (κ1) is 17.0. The zero-order valence-electron chi connectivity index (χ0n) is 13.9. The van der Waals surface area contributed by atoms with Crippen molar-refractivity contribution < 1.29 is 9.53 Å². The second-order valence-electron chi connectivity index (χ2n) is 5.74. The Morgan fingerprint density at radius 3 is 2.74 bits per heavy atom. The summed E-state index contributed by atoms with van der Waals surface area (Å²) in [5.41, 5.74) is 2.05. The van der Waals surface area contributed by atoms with Crippen molar-refractivity contribution in [3.8, 4) is 11.3 Å². The fourth-order valence-electron chi connectivity index (χ4n) is 2.60. The number of rotatable bonds is 4. The minimum Gasteiger partial charge on any atom is -0.456 e. The van der Waals surface area contributed by atoms with Crippen LogP contribution < -0.4 is 5.56 Å². The van der Waals surface area contributed by atoms with Gasteiger partial charge in [0.15, 0.2) is 5.65 Å². The van der Waals surface area contributed by atoms with Crippen LogP contribution in [0.25, 0.3) is 16.9 Å². The van der Waals surface area contributed by atoms with Crippen molar-refractivity contribution in [3.05, 3.63) is 87.6 Å². The summed E-state index contributed by atoms with van der Waals surface area (Å²) in [6, 6.07) is 15.6. The van der Waals surface area contributed by atoms with Crippen LogP contribution in [0.3, 0.4) is 0 Å². The third-order valence-electron chi connectivity index (χ3n) is 3.93. The Bertz CT molecular complexity index is 1180. The lowest BCUT2D eigenvalue weighted by atomic mass is 10.1. The summed E-state index contributed by atoms with van der Waals surface area (Å²) in [4.78, 5) is 33.0. The Morgan fingerprint density at radius 2 is 1.96 bits per heavy atom. The molecule has 4 aromatic rings. The molecule has 0 unspecified atom stereocenters. The van der Waals surface area contributed by atoms with Crippen LogP contribution in [-0.2, 0) is 11.3 Å². The van der Waals surface area contributed by atoms with E-state index in [0.29, 0.717) is 16.9 Å². The van der Waals surface area contributed by atoms with E-state index in [1.807, 2.05) is 30.3 Å². The summed E-state index contributed by atoms with van der Waals surface area (Å²) in [6.45, 7) is -0.0293. The van der Waals surface area contributed by atoms with E-state index in [-0.39, 0.29) is 23.0 Å². The third-order valence-corrected chi connectivity index (χ3v) is 4.28. The molecule has 0 spiro atoms. The Hall–Kier alpha value is -3.45. The van der Waals surface area contributed by atoms with Gasteiger partial charge in [-0.1, -0.05) is 48.0 Å². The first-order valence-electron chi connectivity index (χ1n) is 8.06. The van der Waals surface area contributed by atoms with Crippen molar-refractivity contribution >= 4 is 23.2 Å². The molecule has 3 heterocycles. The van der Waals surface area contributed by atoms with Crippen LogP contribution >= 0.6 is 11.6 Å². The minimum absolute atomic E-state index is 0.0293. The summed E-state index contributed by atoms with van der Waals surface area (Å²) in [6.07, 6.45) is 1.55. The van der Waals surface area contributed by atoms with E-state index < -0.39 is 5.97 Å². The van der Waals surface area contributed by atoms with E-state index in [0.717, 1.165) is 5.56 Å². The van der Waals surface area contributed by atoms with Gasteiger partial charge >= 0.3 is 5.97 Å². The molecule has 134 valence electrons. The van der Waals surface area contributed by atoms with Gasteiger partial charge in [-0.05, 0) is 6.07 Å². The number of ether oxygens (including phenoxy) is 1. The number of aromatic nitrogens is 4. The first-order valence-corrected chi connectivity index (χ1v) is 8.44. The van der Waals surface area contributed by atoms with Gasteiger partial charge in [-0.15, -0.1) is 0 Å². The molecule has 0 radical (unpaired) electrons. The van der Waals surface area contributed by atoms with Crippen molar-refractivity contribution in [2.24, 2.45) is 0 Å². The highest BCUT2D eigenvalue weighted by molar-refractivity contribution is 6.30. The summed E-state index contributed by atoms with van der Waals surface area (Å²) in [7, 11) is 0. The SMILES string of the molecule is O=C(OCc1cccnc1Cl)c1cc2nc(-c3ccccc3)cc(=O)n2[nH]1. The van der Waals surface area contributed by atoms with E-state index in [4.69, 9.17) is 16.3 Å². The summed E-state index contributed by atoms with van der Waals surface area (Å²) in [5.74, 6) is -0.624. The maximum atomic E-state index is 12.3. The number of carbonyl (C=O) groups is 1. The number of esters is 1. The molecule has 0 aliphatic heterocycles. The van der Waals surface area contributed by atoms with Gasteiger partial charge in [0, 0.05) is 29.5 Å². The van der Waals surface area contributed by atoms with Gasteiger partial charge in [-0.2, -0.15) is 0 Å². The predicted molar refractivity (Wildman–Crippen MR) is 99.6 cm³/mol. The minimum atomic E-state index is -0.624. The number of nitrogens with zero attached hydrogens (tertiary/aromatic N) is 3. The van der Waals surface area contributed by atoms with Gasteiger partial charge in [0.2, 0.25) is 0 Å². The maximum absolute atomic E-state index is 12.3. The third kappa shape index (κ3) is 3.45. The summed E-state index contributed by atoms with van der Waals surface area (Å²) in [5, 5.41) is 2.98. The number of nitrogens with one attached hydrogen (secondary N) is 1. The Kier molecular flexibility index (Phi) is 4.43. The number of hydrogen-bond donors (Lipinski definition) is 1. The first-order chi connectivity index (χ1) is 13.1. The lowest BCUT2D eigenvalue weighted by molar-refractivity contribution is 0.0465. The van der Waals surface area contributed by atoms with Crippen LogP contribution in [0.4, 0.5) is 0 Å². The molecule has 1 N–H and O–H groups in total. The van der Waals surface area contributed by atoms with Crippen LogP contribution in [0, 0.1) is 0 Å². The van der Waals surface area contributed by atoms with Crippen LogP contribution in [0.15, 0.2) is 65.6 Å². The van der Waals surface area contributed by atoms with Gasteiger partial charge in [0.25, 0.3) is 5.56 Å². The number of benzene rings is 1. The highest BCUT2D eigenvalue weighted by atomic mass is 35.5. The van der Waals surface area contributed by atoms with Gasteiger partial charge in [-0.25, -0.2) is 19.3 Å². The highest BCUT2D eigenvalue weighted by Gasteiger charge is 2.15. The molecular formula is C19H13ClN4O3. The van der Waals surface area contributed by atoms with Crippen LogP contribution in [0.2, 0.25) is 5.15 Å². The Balaban J connectivity index is 1.61.